The topological polar surface area (TPSA) is 85.6 Å². The third-order valence-electron chi connectivity index (χ3n) is 6.34. The van der Waals surface area contributed by atoms with Gasteiger partial charge >= 0.3 is 5.97 Å². The minimum Gasteiger partial charge on any atom is -0.488 e. The highest BCUT2D eigenvalue weighted by Crippen LogP contribution is 2.36. The molecule has 5 rings (SSSR count). The lowest BCUT2D eigenvalue weighted by Crippen LogP contribution is -2.32. The lowest BCUT2D eigenvalue weighted by molar-refractivity contribution is 0.0696. The first-order valence-electron chi connectivity index (χ1n) is 11.2. The van der Waals surface area contributed by atoms with Gasteiger partial charge < -0.3 is 9.84 Å². The number of carbonyl (C=O) groups is 1. The third-order valence-corrected chi connectivity index (χ3v) is 8.33. The fraction of sp³-hybridized carbons (Fsp3) is 0.222. The zero-order valence-corrected chi connectivity index (χ0v) is 20.9. The van der Waals surface area contributed by atoms with E-state index in [1.54, 1.807) is 42.5 Å². The van der Waals surface area contributed by atoms with Crippen LogP contribution in [-0.4, -0.2) is 29.1 Å². The number of rotatable bonds is 5. The van der Waals surface area contributed by atoms with Crippen molar-refractivity contribution < 1.29 is 23.1 Å². The summed E-state index contributed by atoms with van der Waals surface area (Å²) in [6.07, 6.45) is 1.98. The largest absolute Gasteiger partial charge is 0.488 e. The van der Waals surface area contributed by atoms with Crippen molar-refractivity contribution in [1.82, 2.24) is 3.97 Å². The first-order valence-corrected chi connectivity index (χ1v) is 13.0. The molecule has 8 heteroatoms. The summed E-state index contributed by atoms with van der Waals surface area (Å²) in [6, 6.07) is 18.4. The lowest BCUT2D eigenvalue weighted by atomic mass is 9.94. The van der Waals surface area contributed by atoms with Gasteiger partial charge in [-0.25, -0.2) is 17.2 Å². The maximum atomic E-state index is 14.0. The van der Waals surface area contributed by atoms with Crippen molar-refractivity contribution in [1.29, 1.82) is 0 Å². The normalized spacial score (nSPS) is 14.9. The molecule has 0 radical (unpaired) electrons. The smallest absolute Gasteiger partial charge is 0.335 e. The van der Waals surface area contributed by atoms with Gasteiger partial charge in [0.2, 0.25) is 0 Å². The summed E-state index contributed by atoms with van der Waals surface area (Å²) in [5.41, 5.74) is 2.65. The van der Waals surface area contributed by atoms with Gasteiger partial charge in [-0.3, -0.25) is 0 Å². The van der Waals surface area contributed by atoms with E-state index >= 15 is 0 Å². The Hall–Kier alpha value is -3.29. The van der Waals surface area contributed by atoms with Crippen molar-refractivity contribution in [3.8, 4) is 5.75 Å². The third kappa shape index (κ3) is 4.42. The Morgan fingerprint density at radius 3 is 2.51 bits per heavy atom. The summed E-state index contributed by atoms with van der Waals surface area (Å²) in [4.78, 5) is 11.3. The van der Waals surface area contributed by atoms with E-state index in [-0.39, 0.29) is 16.1 Å². The Bertz CT molecular complexity index is 1570. The first kappa shape index (κ1) is 23.5. The molecular formula is C27H24ClNO5S. The second-order valence-electron chi connectivity index (χ2n) is 9.42. The molecule has 1 aliphatic rings. The van der Waals surface area contributed by atoms with Crippen LogP contribution < -0.4 is 4.74 Å². The minimum absolute atomic E-state index is 0.142. The number of ether oxygens (including phenoxy) is 1. The van der Waals surface area contributed by atoms with Crippen LogP contribution in [0.3, 0.4) is 0 Å². The zero-order chi connectivity index (χ0) is 25.0. The Kier molecular flexibility index (Phi) is 5.65. The molecule has 2 heterocycles. The number of hydrogen-bond acceptors (Lipinski definition) is 4. The molecular weight excluding hydrogens is 486 g/mol. The number of carboxylic acids is 1. The summed E-state index contributed by atoms with van der Waals surface area (Å²) >= 11 is 6.19. The summed E-state index contributed by atoms with van der Waals surface area (Å²) in [6.45, 7) is 3.99. The van der Waals surface area contributed by atoms with Gasteiger partial charge in [0.05, 0.1) is 16.0 Å². The molecule has 3 aromatic carbocycles. The fourth-order valence-corrected chi connectivity index (χ4v) is 6.22. The van der Waals surface area contributed by atoms with Gasteiger partial charge in [-0.05, 0) is 80.3 Å². The second kappa shape index (κ2) is 8.43. The highest BCUT2D eigenvalue weighted by atomic mass is 35.5. The lowest BCUT2D eigenvalue weighted by Gasteiger charge is -2.32. The van der Waals surface area contributed by atoms with Crippen molar-refractivity contribution in [3.63, 3.8) is 0 Å². The van der Waals surface area contributed by atoms with E-state index < -0.39 is 16.0 Å². The average molecular weight is 510 g/mol. The molecule has 1 N–H and O–H groups in total. The number of carboxylic acid groups (broad SMARTS) is 1. The molecule has 180 valence electrons. The van der Waals surface area contributed by atoms with Gasteiger partial charge in [0.15, 0.2) is 0 Å². The molecule has 0 bridgehead atoms. The van der Waals surface area contributed by atoms with E-state index in [4.69, 9.17) is 16.3 Å². The number of fused-ring (bicyclic) bond motifs is 2. The molecule has 4 aromatic rings. The molecule has 35 heavy (non-hydrogen) atoms. The molecule has 1 aliphatic heterocycles. The van der Waals surface area contributed by atoms with Crippen molar-refractivity contribution >= 4 is 38.5 Å². The summed E-state index contributed by atoms with van der Waals surface area (Å²) in [5.74, 6) is -0.423. The molecule has 0 saturated carbocycles. The van der Waals surface area contributed by atoms with E-state index in [2.05, 4.69) is 0 Å². The van der Waals surface area contributed by atoms with Crippen LogP contribution >= 0.6 is 11.6 Å². The van der Waals surface area contributed by atoms with Gasteiger partial charge in [0.25, 0.3) is 10.0 Å². The molecule has 0 fully saturated rings. The first-order chi connectivity index (χ1) is 16.5. The minimum atomic E-state index is -3.98. The van der Waals surface area contributed by atoms with Crippen molar-refractivity contribution in [3.05, 3.63) is 94.1 Å². The van der Waals surface area contributed by atoms with Gasteiger partial charge in [0.1, 0.15) is 11.4 Å². The predicted molar refractivity (Wildman–Crippen MR) is 135 cm³/mol. The van der Waals surface area contributed by atoms with Gasteiger partial charge in [0, 0.05) is 28.6 Å². The maximum absolute atomic E-state index is 14.0. The quantitative estimate of drug-likeness (QED) is 0.360. The highest BCUT2D eigenvalue weighted by molar-refractivity contribution is 7.90. The number of benzene rings is 3. The number of nitrogens with zero attached hydrogens (tertiary/aromatic N) is 1. The Morgan fingerprint density at radius 2 is 1.80 bits per heavy atom. The van der Waals surface area contributed by atoms with Crippen molar-refractivity contribution in [2.75, 3.05) is 0 Å². The molecule has 0 aliphatic carbocycles. The molecule has 0 spiro atoms. The van der Waals surface area contributed by atoms with Crippen LogP contribution in [-0.2, 0) is 22.9 Å². The maximum Gasteiger partial charge on any atom is 0.335 e. The molecule has 1 aromatic heterocycles. The zero-order valence-electron chi connectivity index (χ0n) is 19.3. The molecule has 0 saturated heterocycles. The van der Waals surface area contributed by atoms with Crippen molar-refractivity contribution in [2.45, 2.75) is 43.6 Å². The Balaban J connectivity index is 1.63. The van der Waals surface area contributed by atoms with E-state index in [9.17, 15) is 18.3 Å². The number of halogens is 1. The monoisotopic (exact) mass is 509 g/mol. The second-order valence-corrected chi connectivity index (χ2v) is 11.6. The SMILES string of the molecule is CC1(C)CCc2ccc(S(=O)(=O)n3c(Cc4ccc(C(=O)O)cc4)cc4cc(Cl)ccc43)cc2O1. The van der Waals surface area contributed by atoms with Gasteiger partial charge in [-0.15, -0.1) is 0 Å². The van der Waals surface area contributed by atoms with Crippen LogP contribution in [0.15, 0.2) is 71.6 Å². The van der Waals surface area contributed by atoms with E-state index in [0.717, 1.165) is 24.0 Å². The molecule has 0 amide bonds. The van der Waals surface area contributed by atoms with Crippen LogP contribution in [0.2, 0.25) is 5.02 Å². The van der Waals surface area contributed by atoms with E-state index in [1.165, 1.54) is 16.1 Å². The highest BCUT2D eigenvalue weighted by Gasteiger charge is 2.29. The summed E-state index contributed by atoms with van der Waals surface area (Å²) < 4.78 is 35.4. The van der Waals surface area contributed by atoms with Crippen LogP contribution in [0.25, 0.3) is 10.9 Å². The summed E-state index contributed by atoms with van der Waals surface area (Å²) in [5, 5.41) is 10.4. The average Bonchev–Trinajstić information content (AvgIpc) is 3.15. The van der Waals surface area contributed by atoms with Crippen LogP contribution in [0.4, 0.5) is 0 Å². The molecule has 6 nitrogen and oxygen atoms in total. The Morgan fingerprint density at radius 1 is 1.06 bits per heavy atom. The summed E-state index contributed by atoms with van der Waals surface area (Å²) in [7, 11) is -3.98. The molecule has 0 atom stereocenters. The standard InChI is InChI=1S/C27H24ClNO5S/c1-27(2)12-11-18-7-9-23(16-25(18)34-27)35(32,33)29-22(15-20-14-21(28)8-10-24(20)29)13-17-3-5-19(6-4-17)26(30)31/h3-10,14-16H,11-13H2,1-2H3,(H,30,31). The number of aryl methyl sites for hydroxylation is 1. The predicted octanol–water partition coefficient (Wildman–Crippen LogP) is 5.92. The van der Waals surface area contributed by atoms with Crippen LogP contribution in [0, 0.1) is 0 Å². The van der Waals surface area contributed by atoms with E-state index in [0.29, 0.717) is 33.8 Å². The number of hydrogen-bond donors (Lipinski definition) is 1. The molecule has 0 unspecified atom stereocenters. The number of aromatic carboxylic acids is 1. The van der Waals surface area contributed by atoms with Crippen LogP contribution in [0.1, 0.15) is 47.4 Å². The Labute approximate surface area is 208 Å². The fourth-order valence-electron chi connectivity index (χ4n) is 4.49. The van der Waals surface area contributed by atoms with Gasteiger partial charge in [-0.1, -0.05) is 29.8 Å². The van der Waals surface area contributed by atoms with Crippen molar-refractivity contribution in [2.24, 2.45) is 0 Å². The number of aromatic nitrogens is 1. The van der Waals surface area contributed by atoms with E-state index in [1.807, 2.05) is 26.0 Å². The van der Waals surface area contributed by atoms with Crippen LogP contribution in [0.5, 0.6) is 5.75 Å². The van der Waals surface area contributed by atoms with Gasteiger partial charge in [-0.2, -0.15) is 0 Å².